The van der Waals surface area contributed by atoms with Crippen LogP contribution in [-0.2, 0) is 20.1 Å². The van der Waals surface area contributed by atoms with Gasteiger partial charge < -0.3 is 4.57 Å². The van der Waals surface area contributed by atoms with Gasteiger partial charge in [-0.05, 0) is 42.6 Å². The molecular weight excluding hydrogens is 575 g/mol. The molecule has 0 amide bonds. The van der Waals surface area contributed by atoms with Crippen molar-refractivity contribution in [2.24, 2.45) is 0 Å². The van der Waals surface area contributed by atoms with E-state index >= 15 is 0 Å². The van der Waals surface area contributed by atoms with Crippen LogP contribution >= 0.6 is 0 Å². The van der Waals surface area contributed by atoms with Crippen LogP contribution in [0.3, 0.4) is 0 Å². The zero-order chi connectivity index (χ0) is 20.7. The summed E-state index contributed by atoms with van der Waals surface area (Å²) in [6.45, 7) is 1.94. The summed E-state index contributed by atoms with van der Waals surface area (Å²) < 4.78 is 28.7. The predicted octanol–water partition coefficient (Wildman–Crippen LogP) is 5.53. The van der Waals surface area contributed by atoms with Gasteiger partial charge in [0.05, 0.1) is 5.82 Å². The Morgan fingerprint density at radius 1 is 0.839 bits per heavy atom. The van der Waals surface area contributed by atoms with Crippen LogP contribution < -0.4 is 0 Å². The average Bonchev–Trinajstić information content (AvgIpc) is 3.20. The standard InChI is InChI=1S/C24H15F2N4.Ir/c1-15-21-5-3-2-4-18(21)14-22(27-15)30-23(16-6-10-19(25)11-7-16)28-29-24(30)17-8-12-20(26)13-9-17;/h2-8,10-14H,1H3;/q-1;. The first-order chi connectivity index (χ1) is 14.6. The molecule has 0 atom stereocenters. The Kier molecular flexibility index (Phi) is 5.72. The molecule has 5 aromatic rings. The topological polar surface area (TPSA) is 43.6 Å². The molecule has 0 saturated heterocycles. The van der Waals surface area contributed by atoms with Crippen molar-refractivity contribution < 1.29 is 28.9 Å². The summed E-state index contributed by atoms with van der Waals surface area (Å²) in [6, 6.07) is 23.0. The van der Waals surface area contributed by atoms with E-state index in [-0.39, 0.29) is 31.7 Å². The zero-order valence-corrected chi connectivity index (χ0v) is 18.7. The number of aromatic nitrogens is 4. The number of hydrogen-bond acceptors (Lipinski definition) is 3. The van der Waals surface area contributed by atoms with Crippen molar-refractivity contribution in [3.63, 3.8) is 0 Å². The molecule has 31 heavy (non-hydrogen) atoms. The molecule has 7 heteroatoms. The van der Waals surface area contributed by atoms with Crippen molar-refractivity contribution in [1.29, 1.82) is 0 Å². The quantitative estimate of drug-likeness (QED) is 0.260. The van der Waals surface area contributed by atoms with Gasteiger partial charge in [-0.25, -0.2) is 9.37 Å². The van der Waals surface area contributed by atoms with Crippen LogP contribution in [0.1, 0.15) is 5.69 Å². The summed E-state index contributed by atoms with van der Waals surface area (Å²) in [5.41, 5.74) is 2.12. The SMILES string of the molecule is Cc1nc(-n2c(-c3[c-]cc(F)cc3)nnc2-c2ccc(F)cc2)cc2ccccc12.[Ir]. The van der Waals surface area contributed by atoms with E-state index in [9.17, 15) is 8.78 Å². The van der Waals surface area contributed by atoms with E-state index in [0.29, 0.717) is 28.6 Å². The number of nitrogens with zero attached hydrogens (tertiary/aromatic N) is 4. The third kappa shape index (κ3) is 3.90. The van der Waals surface area contributed by atoms with Gasteiger partial charge in [0, 0.05) is 42.6 Å². The molecule has 0 fully saturated rings. The van der Waals surface area contributed by atoms with Crippen LogP contribution in [0.4, 0.5) is 8.78 Å². The summed E-state index contributed by atoms with van der Waals surface area (Å²) in [4.78, 5) is 4.77. The van der Waals surface area contributed by atoms with Gasteiger partial charge in [-0.1, -0.05) is 24.3 Å². The Hall–Kier alpha value is -3.28. The van der Waals surface area contributed by atoms with Gasteiger partial charge >= 0.3 is 0 Å². The molecule has 4 nitrogen and oxygen atoms in total. The van der Waals surface area contributed by atoms with E-state index in [1.54, 1.807) is 22.8 Å². The zero-order valence-electron chi connectivity index (χ0n) is 16.3. The van der Waals surface area contributed by atoms with E-state index in [4.69, 9.17) is 4.98 Å². The second-order valence-electron chi connectivity index (χ2n) is 6.90. The molecule has 1 radical (unpaired) electrons. The molecule has 155 valence electrons. The Morgan fingerprint density at radius 3 is 2.29 bits per heavy atom. The predicted molar refractivity (Wildman–Crippen MR) is 111 cm³/mol. The van der Waals surface area contributed by atoms with Crippen molar-refractivity contribution in [1.82, 2.24) is 19.7 Å². The Balaban J connectivity index is 0.00000231. The molecule has 0 spiro atoms. The number of pyridine rings is 1. The summed E-state index contributed by atoms with van der Waals surface area (Å²) in [5.74, 6) is 0.865. The van der Waals surface area contributed by atoms with Crippen LogP contribution in [0.25, 0.3) is 39.4 Å². The molecule has 0 N–H and O–H groups in total. The fraction of sp³-hybridized carbons (Fsp3) is 0.0417. The molecule has 0 bridgehead atoms. The van der Waals surface area contributed by atoms with Crippen LogP contribution in [-0.4, -0.2) is 19.7 Å². The maximum absolute atomic E-state index is 13.5. The van der Waals surface area contributed by atoms with Crippen molar-refractivity contribution >= 4 is 10.8 Å². The molecule has 0 aliphatic heterocycles. The fourth-order valence-electron chi connectivity index (χ4n) is 3.48. The molecule has 0 aliphatic carbocycles. The van der Waals surface area contributed by atoms with Gasteiger partial charge in [-0.15, -0.1) is 34.9 Å². The molecule has 3 aromatic carbocycles. The first-order valence-electron chi connectivity index (χ1n) is 9.36. The Bertz CT molecular complexity index is 1300. The van der Waals surface area contributed by atoms with Gasteiger partial charge in [0.1, 0.15) is 11.6 Å². The number of benzene rings is 3. The molecule has 2 aromatic heterocycles. The number of hydrogen-bond donors (Lipinski definition) is 0. The summed E-state index contributed by atoms with van der Waals surface area (Å²) in [5, 5.41) is 10.7. The summed E-state index contributed by atoms with van der Waals surface area (Å²) in [6.07, 6.45) is 0. The van der Waals surface area contributed by atoms with Crippen LogP contribution in [0.2, 0.25) is 0 Å². The largest absolute Gasteiger partial charge is 0.300 e. The minimum absolute atomic E-state index is 0. The van der Waals surface area contributed by atoms with Crippen LogP contribution in [0.15, 0.2) is 72.8 Å². The van der Waals surface area contributed by atoms with Gasteiger partial charge in [0.15, 0.2) is 5.82 Å². The smallest absolute Gasteiger partial charge is 0.160 e. The first-order valence-corrected chi connectivity index (χ1v) is 9.36. The van der Waals surface area contributed by atoms with E-state index in [2.05, 4.69) is 16.3 Å². The Labute approximate surface area is 191 Å². The van der Waals surface area contributed by atoms with Crippen molar-refractivity contribution in [2.45, 2.75) is 6.92 Å². The Morgan fingerprint density at radius 2 is 1.55 bits per heavy atom. The van der Waals surface area contributed by atoms with Gasteiger partial charge in [0.2, 0.25) is 0 Å². The monoisotopic (exact) mass is 590 g/mol. The molecule has 0 aliphatic rings. The van der Waals surface area contributed by atoms with E-state index in [1.807, 2.05) is 37.3 Å². The van der Waals surface area contributed by atoms with E-state index < -0.39 is 0 Å². The van der Waals surface area contributed by atoms with Crippen molar-refractivity contribution in [2.75, 3.05) is 0 Å². The molecule has 5 rings (SSSR count). The van der Waals surface area contributed by atoms with E-state index in [0.717, 1.165) is 16.5 Å². The van der Waals surface area contributed by atoms with Crippen molar-refractivity contribution in [3.05, 3.63) is 96.2 Å². The molecule has 0 saturated carbocycles. The number of rotatable bonds is 3. The maximum atomic E-state index is 13.5. The second-order valence-corrected chi connectivity index (χ2v) is 6.90. The maximum Gasteiger partial charge on any atom is 0.160 e. The number of fused-ring (bicyclic) bond motifs is 1. The molecule has 0 unspecified atom stereocenters. The summed E-state index contributed by atoms with van der Waals surface area (Å²) in [7, 11) is 0. The normalized spacial score (nSPS) is 10.8. The van der Waals surface area contributed by atoms with Gasteiger partial charge in [0.25, 0.3) is 0 Å². The van der Waals surface area contributed by atoms with E-state index in [1.165, 1.54) is 24.3 Å². The fourth-order valence-corrected chi connectivity index (χ4v) is 3.48. The minimum Gasteiger partial charge on any atom is -0.300 e. The molecular formula is C24H15F2IrN4-. The number of halogens is 2. The second kappa shape index (κ2) is 8.46. The summed E-state index contributed by atoms with van der Waals surface area (Å²) >= 11 is 0. The first kappa shape index (κ1) is 21.0. The van der Waals surface area contributed by atoms with Crippen LogP contribution in [0.5, 0.6) is 0 Å². The van der Waals surface area contributed by atoms with Gasteiger partial charge in [-0.2, -0.15) is 5.10 Å². The van der Waals surface area contributed by atoms with Crippen LogP contribution in [0, 0.1) is 24.6 Å². The third-order valence-corrected chi connectivity index (χ3v) is 4.93. The van der Waals surface area contributed by atoms with Crippen molar-refractivity contribution in [3.8, 4) is 28.6 Å². The third-order valence-electron chi connectivity index (χ3n) is 4.93. The number of aryl methyl sites for hydroxylation is 1. The van der Waals surface area contributed by atoms with Gasteiger partial charge in [-0.3, -0.25) is 4.39 Å². The molecule has 2 heterocycles. The minimum atomic E-state index is -0.386. The average molecular weight is 590 g/mol.